The standard InChI is InChI=1S/C8H12ClNS/c1-5(2)3-6-4-11-8(9)7(6)10/h4-5H,3,10H2,1-2H3. The van der Waals surface area contributed by atoms with Crippen LogP contribution in [0.4, 0.5) is 5.69 Å². The molecule has 0 aliphatic carbocycles. The normalized spacial score (nSPS) is 10.9. The fourth-order valence-electron chi connectivity index (χ4n) is 0.974. The molecule has 0 unspecified atom stereocenters. The summed E-state index contributed by atoms with van der Waals surface area (Å²) in [5, 5.41) is 2.04. The van der Waals surface area contributed by atoms with Crippen LogP contribution in [0.25, 0.3) is 0 Å². The van der Waals surface area contributed by atoms with Crippen LogP contribution in [0.2, 0.25) is 4.34 Å². The summed E-state index contributed by atoms with van der Waals surface area (Å²) in [4.78, 5) is 0. The quantitative estimate of drug-likeness (QED) is 0.760. The summed E-state index contributed by atoms with van der Waals surface area (Å²) in [5.74, 6) is 0.642. The van der Waals surface area contributed by atoms with Crippen LogP contribution < -0.4 is 5.73 Å². The highest BCUT2D eigenvalue weighted by Crippen LogP contribution is 2.31. The number of halogens is 1. The Kier molecular flexibility index (Phi) is 2.79. The van der Waals surface area contributed by atoms with Gasteiger partial charge in [-0.2, -0.15) is 0 Å². The molecule has 0 amide bonds. The van der Waals surface area contributed by atoms with Crippen LogP contribution in [0.5, 0.6) is 0 Å². The summed E-state index contributed by atoms with van der Waals surface area (Å²) in [7, 11) is 0. The minimum absolute atomic E-state index is 0.642. The van der Waals surface area contributed by atoms with Gasteiger partial charge in [0.15, 0.2) is 0 Å². The van der Waals surface area contributed by atoms with E-state index < -0.39 is 0 Å². The number of nitrogens with two attached hydrogens (primary N) is 1. The molecule has 1 nitrogen and oxygen atoms in total. The second-order valence-corrected chi connectivity index (χ2v) is 4.53. The highest BCUT2D eigenvalue weighted by atomic mass is 35.5. The van der Waals surface area contributed by atoms with Crippen molar-refractivity contribution in [1.29, 1.82) is 0 Å². The SMILES string of the molecule is CC(C)Cc1csc(Cl)c1N. The first-order chi connectivity index (χ1) is 5.11. The van der Waals surface area contributed by atoms with Gasteiger partial charge in [-0.15, -0.1) is 11.3 Å². The predicted molar refractivity (Wildman–Crippen MR) is 52.3 cm³/mol. The third kappa shape index (κ3) is 2.11. The number of hydrogen-bond donors (Lipinski definition) is 1. The molecule has 3 heteroatoms. The number of anilines is 1. The molecule has 62 valence electrons. The van der Waals surface area contributed by atoms with Crippen molar-refractivity contribution in [2.75, 3.05) is 5.73 Å². The molecule has 0 saturated heterocycles. The molecule has 0 aliphatic rings. The van der Waals surface area contributed by atoms with Crippen molar-refractivity contribution in [2.45, 2.75) is 20.3 Å². The van der Waals surface area contributed by atoms with E-state index >= 15 is 0 Å². The van der Waals surface area contributed by atoms with Crippen LogP contribution in [-0.4, -0.2) is 0 Å². The van der Waals surface area contributed by atoms with Gasteiger partial charge in [0.25, 0.3) is 0 Å². The van der Waals surface area contributed by atoms with Crippen molar-refractivity contribution >= 4 is 28.6 Å². The van der Waals surface area contributed by atoms with Crippen LogP contribution in [-0.2, 0) is 6.42 Å². The summed E-state index contributed by atoms with van der Waals surface area (Å²) in [5.41, 5.74) is 7.69. The average Bonchev–Trinajstić information content (AvgIpc) is 2.18. The van der Waals surface area contributed by atoms with E-state index in [-0.39, 0.29) is 0 Å². The first kappa shape index (κ1) is 8.88. The van der Waals surface area contributed by atoms with Crippen LogP contribution in [0, 0.1) is 5.92 Å². The second-order valence-electron chi connectivity index (χ2n) is 3.05. The molecule has 1 rings (SSSR count). The number of thiophene rings is 1. The van der Waals surface area contributed by atoms with E-state index in [1.54, 1.807) is 0 Å². The lowest BCUT2D eigenvalue weighted by Gasteiger charge is -2.02. The third-order valence-electron chi connectivity index (χ3n) is 1.49. The predicted octanol–water partition coefficient (Wildman–Crippen LogP) is 3.18. The molecule has 0 bridgehead atoms. The third-order valence-corrected chi connectivity index (χ3v) is 2.79. The van der Waals surface area contributed by atoms with Gasteiger partial charge < -0.3 is 5.73 Å². The minimum atomic E-state index is 0.642. The summed E-state index contributed by atoms with van der Waals surface area (Å²) in [6.07, 6.45) is 1.02. The van der Waals surface area contributed by atoms with Crippen LogP contribution in [0.3, 0.4) is 0 Å². The van der Waals surface area contributed by atoms with E-state index in [0.29, 0.717) is 5.92 Å². The molecular formula is C8H12ClNS. The Morgan fingerprint density at radius 3 is 2.64 bits per heavy atom. The highest BCUT2D eigenvalue weighted by molar-refractivity contribution is 7.15. The lowest BCUT2D eigenvalue weighted by Crippen LogP contribution is -1.96. The van der Waals surface area contributed by atoms with Gasteiger partial charge in [-0.3, -0.25) is 0 Å². The molecule has 1 heterocycles. The van der Waals surface area contributed by atoms with Crippen molar-refractivity contribution in [3.63, 3.8) is 0 Å². The molecule has 2 N–H and O–H groups in total. The molecule has 0 fully saturated rings. The summed E-state index contributed by atoms with van der Waals surface area (Å²) in [6, 6.07) is 0. The molecule has 0 aromatic carbocycles. The van der Waals surface area contributed by atoms with Gasteiger partial charge in [0.2, 0.25) is 0 Å². The number of hydrogen-bond acceptors (Lipinski definition) is 2. The molecule has 0 saturated carbocycles. The largest absolute Gasteiger partial charge is 0.397 e. The average molecular weight is 190 g/mol. The molecule has 0 spiro atoms. The Labute approximate surface area is 76.2 Å². The molecular weight excluding hydrogens is 178 g/mol. The molecule has 0 aliphatic heterocycles. The van der Waals surface area contributed by atoms with Crippen molar-refractivity contribution in [3.8, 4) is 0 Å². The Balaban J connectivity index is 2.79. The smallest absolute Gasteiger partial charge is 0.116 e. The summed E-state index contributed by atoms with van der Waals surface area (Å²) >= 11 is 7.32. The molecule has 1 aromatic rings. The van der Waals surface area contributed by atoms with E-state index in [0.717, 1.165) is 16.4 Å². The van der Waals surface area contributed by atoms with Crippen molar-refractivity contribution < 1.29 is 0 Å². The monoisotopic (exact) mass is 189 g/mol. The maximum Gasteiger partial charge on any atom is 0.116 e. The van der Waals surface area contributed by atoms with Crippen molar-refractivity contribution in [3.05, 3.63) is 15.3 Å². The lowest BCUT2D eigenvalue weighted by atomic mass is 10.1. The van der Waals surface area contributed by atoms with E-state index in [4.69, 9.17) is 17.3 Å². The zero-order valence-electron chi connectivity index (χ0n) is 6.73. The number of nitrogen functional groups attached to an aromatic ring is 1. The maximum absolute atomic E-state index is 5.81. The molecule has 0 atom stereocenters. The van der Waals surface area contributed by atoms with Crippen LogP contribution in [0.1, 0.15) is 19.4 Å². The van der Waals surface area contributed by atoms with Crippen LogP contribution >= 0.6 is 22.9 Å². The first-order valence-corrected chi connectivity index (χ1v) is 4.88. The van der Waals surface area contributed by atoms with E-state index in [9.17, 15) is 0 Å². The van der Waals surface area contributed by atoms with E-state index in [1.165, 1.54) is 16.9 Å². The van der Waals surface area contributed by atoms with Gasteiger partial charge in [-0.1, -0.05) is 25.4 Å². The second kappa shape index (κ2) is 3.46. The lowest BCUT2D eigenvalue weighted by molar-refractivity contribution is 0.650. The fraction of sp³-hybridized carbons (Fsp3) is 0.500. The Bertz CT molecular complexity index is 242. The molecule has 0 radical (unpaired) electrons. The van der Waals surface area contributed by atoms with Gasteiger partial charge in [0, 0.05) is 0 Å². The van der Waals surface area contributed by atoms with Gasteiger partial charge in [-0.25, -0.2) is 0 Å². The van der Waals surface area contributed by atoms with E-state index in [2.05, 4.69) is 13.8 Å². The summed E-state index contributed by atoms with van der Waals surface area (Å²) < 4.78 is 0.723. The zero-order chi connectivity index (χ0) is 8.43. The first-order valence-electron chi connectivity index (χ1n) is 3.62. The molecule has 11 heavy (non-hydrogen) atoms. The van der Waals surface area contributed by atoms with Crippen LogP contribution in [0.15, 0.2) is 5.38 Å². The maximum atomic E-state index is 5.81. The van der Waals surface area contributed by atoms with Gasteiger partial charge in [0.1, 0.15) is 4.34 Å². The summed E-state index contributed by atoms with van der Waals surface area (Å²) in [6.45, 7) is 4.34. The minimum Gasteiger partial charge on any atom is -0.397 e. The van der Waals surface area contributed by atoms with Crippen molar-refractivity contribution in [2.24, 2.45) is 5.92 Å². The Morgan fingerprint density at radius 2 is 2.27 bits per heavy atom. The number of rotatable bonds is 2. The molecule has 1 aromatic heterocycles. The Morgan fingerprint density at radius 1 is 1.64 bits per heavy atom. The van der Waals surface area contributed by atoms with Gasteiger partial charge >= 0.3 is 0 Å². The van der Waals surface area contributed by atoms with Crippen molar-refractivity contribution in [1.82, 2.24) is 0 Å². The van der Waals surface area contributed by atoms with E-state index in [1.807, 2.05) is 5.38 Å². The Hall–Kier alpha value is -0.210. The van der Waals surface area contributed by atoms with Gasteiger partial charge in [0.05, 0.1) is 5.69 Å². The fourth-order valence-corrected chi connectivity index (χ4v) is 1.96. The zero-order valence-corrected chi connectivity index (χ0v) is 8.30. The highest BCUT2D eigenvalue weighted by Gasteiger charge is 2.07. The topological polar surface area (TPSA) is 26.0 Å². The van der Waals surface area contributed by atoms with Gasteiger partial charge in [-0.05, 0) is 23.3 Å².